The SMILES string of the molecule is CCOC(=O)/C(C)=C/C[C@@H](C)[C@H](OC(=O)Nc1ccc(F)cc1F)c1ccc(OCCO[Si](CCC(F)(F)C(F)(F)C(F)(F)C(F)(F)C(F)(F)C(F)(F)C(F)(F)C(F)(F)F)(C(C)C)C(C)C)cc1. The minimum Gasteiger partial charge on any atom is -0.491 e. The maximum Gasteiger partial charge on any atom is 0.460 e. The van der Waals surface area contributed by atoms with E-state index in [0.29, 0.717) is 11.6 Å². The molecule has 0 aliphatic heterocycles. The third-order valence-corrected chi connectivity index (χ3v) is 16.5. The number of anilines is 1. The zero-order valence-corrected chi connectivity index (χ0v) is 37.8. The zero-order chi connectivity index (χ0) is 52.9. The highest BCUT2D eigenvalue weighted by molar-refractivity contribution is 6.76. The van der Waals surface area contributed by atoms with Gasteiger partial charge in [-0.2, -0.15) is 74.6 Å². The van der Waals surface area contributed by atoms with Gasteiger partial charge < -0.3 is 18.6 Å². The second kappa shape index (κ2) is 21.7. The van der Waals surface area contributed by atoms with Crippen LogP contribution in [0.1, 0.15) is 73.0 Å². The van der Waals surface area contributed by atoms with Crippen LogP contribution in [-0.2, 0) is 18.7 Å². The summed E-state index contributed by atoms with van der Waals surface area (Å²) in [4.78, 5) is 25.0. The highest BCUT2D eigenvalue weighted by Gasteiger charge is 2.95. The molecule has 1 amide bonds. The minimum absolute atomic E-state index is 0.0470. The van der Waals surface area contributed by atoms with Crippen LogP contribution in [0.5, 0.6) is 5.75 Å². The monoisotopic (exact) mass is 1040 g/mol. The third-order valence-electron chi connectivity index (χ3n) is 10.8. The van der Waals surface area contributed by atoms with E-state index >= 15 is 8.78 Å². The Morgan fingerprint density at radius 1 is 0.691 bits per heavy atom. The largest absolute Gasteiger partial charge is 0.491 e. The van der Waals surface area contributed by atoms with E-state index in [9.17, 15) is 84.2 Å². The Morgan fingerprint density at radius 3 is 1.66 bits per heavy atom. The Labute approximate surface area is 377 Å². The summed E-state index contributed by atoms with van der Waals surface area (Å²) in [6.07, 6.45) is -11.1. The van der Waals surface area contributed by atoms with Crippen molar-refractivity contribution in [3.05, 3.63) is 71.3 Å². The van der Waals surface area contributed by atoms with E-state index in [1.165, 1.54) is 65.0 Å². The Morgan fingerprint density at radius 2 is 1.19 bits per heavy atom. The van der Waals surface area contributed by atoms with Gasteiger partial charge in [-0.05, 0) is 67.2 Å². The first-order chi connectivity index (χ1) is 30.7. The number of allylic oxidation sites excluding steroid dienone is 1. The number of hydrogen-bond donors (Lipinski definition) is 1. The number of rotatable bonds is 24. The number of ether oxygens (including phenoxy) is 3. The molecule has 0 radical (unpaired) electrons. The molecule has 68 heavy (non-hydrogen) atoms. The van der Waals surface area contributed by atoms with E-state index in [0.717, 1.165) is 12.1 Å². The van der Waals surface area contributed by atoms with Crippen molar-refractivity contribution in [3.8, 4) is 5.75 Å². The predicted octanol–water partition coefficient (Wildman–Crippen LogP) is 14.4. The molecule has 0 heterocycles. The molecule has 0 aromatic heterocycles. The first-order valence-corrected chi connectivity index (χ1v) is 22.4. The van der Waals surface area contributed by atoms with Gasteiger partial charge in [0.1, 0.15) is 30.1 Å². The number of benzene rings is 2. The second-order valence-corrected chi connectivity index (χ2v) is 21.1. The molecule has 2 rings (SSSR count). The van der Waals surface area contributed by atoms with Crippen LogP contribution < -0.4 is 10.1 Å². The lowest BCUT2D eigenvalue weighted by molar-refractivity contribution is -0.461. The number of carbonyl (C=O) groups excluding carboxylic acids is 2. The number of nitrogens with one attached hydrogen (secondary N) is 1. The molecule has 2 aromatic rings. The van der Waals surface area contributed by atoms with Gasteiger partial charge in [-0.25, -0.2) is 18.4 Å². The Balaban J connectivity index is 2.33. The second-order valence-electron chi connectivity index (χ2n) is 16.1. The molecular formula is C41H46F19NO6Si. The van der Waals surface area contributed by atoms with Crippen molar-refractivity contribution in [2.45, 2.75) is 132 Å². The van der Waals surface area contributed by atoms with Gasteiger partial charge in [0.2, 0.25) is 0 Å². The van der Waals surface area contributed by atoms with Crippen molar-refractivity contribution in [2.24, 2.45) is 5.92 Å². The highest BCUT2D eigenvalue weighted by atomic mass is 28.4. The van der Waals surface area contributed by atoms with E-state index in [-0.39, 0.29) is 24.4 Å². The molecule has 2 aromatic carbocycles. The van der Waals surface area contributed by atoms with Gasteiger partial charge in [-0.1, -0.05) is 52.8 Å². The highest BCUT2D eigenvalue weighted by Crippen LogP contribution is 2.64. The number of hydrogen-bond acceptors (Lipinski definition) is 6. The normalized spacial score (nSPS) is 15.1. The van der Waals surface area contributed by atoms with Crippen LogP contribution in [0.2, 0.25) is 17.1 Å². The summed E-state index contributed by atoms with van der Waals surface area (Å²) < 4.78 is 286. The molecule has 0 aliphatic rings. The number of alkyl halides is 17. The zero-order valence-electron chi connectivity index (χ0n) is 36.8. The molecule has 7 nitrogen and oxygen atoms in total. The maximum atomic E-state index is 15.0. The summed E-state index contributed by atoms with van der Waals surface area (Å²) in [5.74, 6) is -60.2. The summed E-state index contributed by atoms with van der Waals surface area (Å²) in [7, 11) is -4.06. The molecule has 0 saturated carbocycles. The lowest BCUT2D eigenvalue weighted by atomic mass is 9.88. The van der Waals surface area contributed by atoms with Crippen molar-refractivity contribution >= 4 is 26.1 Å². The standard InChI is InChI=1S/C41H46F19NO6Si/c1-8-64-32(62)25(7)10-9-24(6)31(67-33(63)61-30-16-13-27(42)21-29(30)43)26-11-14-28(15-12-26)65-18-19-66-68(22(2)3,23(4)5)20-17-34(44,45)35(46,47)36(48,49)37(50,51)38(52,53)39(54,55)40(56,57)41(58,59)60/h10-16,21-24,31H,8-9,17-20H2,1-7H3,(H,61,63)/b25-10+/t24-,31+/m1/s1. The summed E-state index contributed by atoms with van der Waals surface area (Å²) >= 11 is 0. The lowest BCUT2D eigenvalue weighted by Gasteiger charge is -2.44. The van der Waals surface area contributed by atoms with Crippen LogP contribution >= 0.6 is 0 Å². The van der Waals surface area contributed by atoms with Gasteiger partial charge in [0.15, 0.2) is 8.32 Å². The third kappa shape index (κ3) is 12.1. The lowest BCUT2D eigenvalue weighted by Crippen LogP contribution is -2.74. The van der Waals surface area contributed by atoms with Crippen molar-refractivity contribution in [1.29, 1.82) is 0 Å². The molecular weight excluding hydrogens is 992 g/mol. The van der Waals surface area contributed by atoms with Crippen LogP contribution in [0, 0.1) is 17.6 Å². The maximum absolute atomic E-state index is 15.0. The van der Waals surface area contributed by atoms with Crippen molar-refractivity contribution in [3.63, 3.8) is 0 Å². The van der Waals surface area contributed by atoms with Crippen LogP contribution in [0.4, 0.5) is 93.9 Å². The molecule has 1 N–H and O–H groups in total. The molecule has 0 spiro atoms. The Hall–Kier alpha value is -4.43. The van der Waals surface area contributed by atoms with Crippen LogP contribution in [-0.4, -0.2) is 87.8 Å². The van der Waals surface area contributed by atoms with Crippen molar-refractivity contribution in [1.82, 2.24) is 0 Å². The van der Waals surface area contributed by atoms with Crippen LogP contribution in [0.3, 0.4) is 0 Å². The van der Waals surface area contributed by atoms with Crippen LogP contribution in [0.15, 0.2) is 54.1 Å². The van der Waals surface area contributed by atoms with Crippen molar-refractivity contribution in [2.75, 3.05) is 25.1 Å². The van der Waals surface area contributed by atoms with E-state index in [1.54, 1.807) is 13.8 Å². The fourth-order valence-corrected chi connectivity index (χ4v) is 11.1. The number of halogens is 19. The first-order valence-electron chi connectivity index (χ1n) is 20.1. The van der Waals surface area contributed by atoms with Crippen LogP contribution in [0.25, 0.3) is 0 Å². The number of amides is 1. The average molecular weight is 1040 g/mol. The topological polar surface area (TPSA) is 83.1 Å². The van der Waals surface area contributed by atoms with E-state index in [1.807, 2.05) is 0 Å². The molecule has 388 valence electrons. The average Bonchev–Trinajstić information content (AvgIpc) is 3.21. The van der Waals surface area contributed by atoms with Crippen molar-refractivity contribution < 1.29 is 112 Å². The van der Waals surface area contributed by atoms with Gasteiger partial charge in [0.25, 0.3) is 0 Å². The first kappa shape index (κ1) is 59.7. The Kier molecular flexibility index (Phi) is 19.0. The number of esters is 1. The molecule has 0 bridgehead atoms. The fraction of sp³-hybridized carbons (Fsp3) is 0.610. The molecule has 0 fully saturated rings. The number of carbonyl (C=O) groups is 2. The van der Waals surface area contributed by atoms with E-state index < -0.39 is 134 Å². The van der Waals surface area contributed by atoms with E-state index in [2.05, 4.69) is 5.32 Å². The van der Waals surface area contributed by atoms with Gasteiger partial charge >= 0.3 is 59.7 Å². The predicted molar refractivity (Wildman–Crippen MR) is 207 cm³/mol. The van der Waals surface area contributed by atoms with Gasteiger partial charge in [-0.15, -0.1) is 0 Å². The summed E-state index contributed by atoms with van der Waals surface area (Å²) in [6.45, 7) is 8.87. The molecule has 0 aliphatic carbocycles. The molecule has 0 unspecified atom stereocenters. The molecule has 27 heteroatoms. The van der Waals surface area contributed by atoms with Gasteiger partial charge in [0.05, 0.1) is 18.9 Å². The minimum atomic E-state index is -8.72. The summed E-state index contributed by atoms with van der Waals surface area (Å²) in [5.41, 5.74) is -1.76. The van der Waals surface area contributed by atoms with Gasteiger partial charge in [-0.3, -0.25) is 5.32 Å². The molecule has 0 saturated heterocycles. The van der Waals surface area contributed by atoms with E-state index in [4.69, 9.17) is 18.6 Å². The quantitative estimate of drug-likeness (QED) is 0.0371. The summed E-state index contributed by atoms with van der Waals surface area (Å²) in [6, 6.07) is 6.39. The molecule has 2 atom stereocenters. The summed E-state index contributed by atoms with van der Waals surface area (Å²) in [5, 5.41) is 2.15. The smallest absolute Gasteiger partial charge is 0.460 e. The fourth-order valence-electron chi connectivity index (χ4n) is 6.67. The Bertz CT molecular complexity index is 2040. The van der Waals surface area contributed by atoms with Gasteiger partial charge in [0, 0.05) is 24.0 Å².